The van der Waals surface area contributed by atoms with Crippen LogP contribution in [0.25, 0.3) is 10.8 Å². The van der Waals surface area contributed by atoms with Crippen LogP contribution in [0.5, 0.6) is 5.75 Å². The number of rotatable bonds is 4. The zero-order valence-electron chi connectivity index (χ0n) is 15.2. The number of hydrogen-bond donors (Lipinski definition) is 1. The number of phenolic OH excluding ortho intramolecular Hbond substituents is 1. The third-order valence-corrected chi connectivity index (χ3v) is 5.74. The second-order valence-corrected chi connectivity index (χ2v) is 9.05. The summed E-state index contributed by atoms with van der Waals surface area (Å²) in [5, 5.41) is 25.7. The van der Waals surface area contributed by atoms with Gasteiger partial charge in [-0.2, -0.15) is 0 Å². The summed E-state index contributed by atoms with van der Waals surface area (Å²) >= 11 is 1.07. The first-order valence-corrected chi connectivity index (χ1v) is 10.5. The van der Waals surface area contributed by atoms with E-state index in [1.54, 1.807) is 6.92 Å². The van der Waals surface area contributed by atoms with Gasteiger partial charge in [0, 0.05) is 5.39 Å². The largest absolute Gasteiger partial charge is 1.00 e. The van der Waals surface area contributed by atoms with Crippen molar-refractivity contribution in [3.8, 4) is 5.75 Å². The quantitative estimate of drug-likeness (QED) is 0.223. The van der Waals surface area contributed by atoms with Crippen LogP contribution >= 0.6 is 11.3 Å². The van der Waals surface area contributed by atoms with E-state index in [2.05, 4.69) is 20.4 Å². The number of aryl methyl sites for hydroxylation is 1. The van der Waals surface area contributed by atoms with Gasteiger partial charge >= 0.3 is 59.1 Å². The monoisotopic (exact) mass is 474 g/mol. The van der Waals surface area contributed by atoms with E-state index in [9.17, 15) is 31.0 Å². The third kappa shape index (κ3) is 6.01. The number of aromatic hydroxyl groups is 1. The predicted octanol–water partition coefficient (Wildman–Crippen LogP) is -4.06. The Hall–Kier alpha value is -0.520. The molecule has 0 radical (unpaired) electrons. The summed E-state index contributed by atoms with van der Waals surface area (Å²) in [7, 11) is -9.96. The first-order chi connectivity index (χ1) is 12.5. The van der Waals surface area contributed by atoms with Gasteiger partial charge < -0.3 is 14.2 Å². The van der Waals surface area contributed by atoms with Crippen LogP contribution in [0.2, 0.25) is 0 Å². The minimum Gasteiger partial charge on any atom is -0.744 e. The van der Waals surface area contributed by atoms with Gasteiger partial charge in [-0.05, 0) is 30.5 Å². The minimum atomic E-state index is -5.13. The molecule has 29 heavy (non-hydrogen) atoms. The Balaban J connectivity index is 0.00000210. The van der Waals surface area contributed by atoms with Gasteiger partial charge in [0.2, 0.25) is 0 Å². The molecule has 0 aliphatic carbocycles. The summed E-state index contributed by atoms with van der Waals surface area (Å²) in [6, 6.07) is 3.74. The Labute approximate surface area is 213 Å². The van der Waals surface area contributed by atoms with Crippen molar-refractivity contribution in [1.82, 2.24) is 10.2 Å². The Morgan fingerprint density at radius 3 is 2.17 bits per heavy atom. The van der Waals surface area contributed by atoms with Crippen molar-refractivity contribution in [2.24, 2.45) is 10.2 Å². The van der Waals surface area contributed by atoms with Gasteiger partial charge in [0.05, 0.1) is 9.79 Å². The van der Waals surface area contributed by atoms with Crippen molar-refractivity contribution in [1.29, 1.82) is 0 Å². The molecular weight excluding hydrogens is 466 g/mol. The van der Waals surface area contributed by atoms with Gasteiger partial charge in [-0.1, -0.05) is 17.4 Å². The molecule has 0 unspecified atom stereocenters. The van der Waals surface area contributed by atoms with E-state index in [1.807, 2.05) is 0 Å². The zero-order chi connectivity index (χ0) is 20.0. The van der Waals surface area contributed by atoms with Gasteiger partial charge in [-0.15, -0.1) is 20.4 Å². The van der Waals surface area contributed by atoms with Crippen LogP contribution in [-0.4, -0.2) is 41.2 Å². The fourth-order valence-corrected chi connectivity index (χ4v) is 3.82. The molecule has 3 aromatic rings. The van der Waals surface area contributed by atoms with E-state index >= 15 is 0 Å². The molecular formula is C13H8N4Na2O7S3. The summed E-state index contributed by atoms with van der Waals surface area (Å²) in [5.41, 5.74) is -0.398. The number of phenols is 1. The number of fused-ring (bicyclic) bond motifs is 1. The second kappa shape index (κ2) is 9.74. The summed E-state index contributed by atoms with van der Waals surface area (Å²) in [5.74, 6) is -0.958. The van der Waals surface area contributed by atoms with Crippen molar-refractivity contribution >= 4 is 53.2 Å². The maximum atomic E-state index is 11.4. The molecule has 1 N–H and O–H groups in total. The normalized spacial score (nSPS) is 12.0. The van der Waals surface area contributed by atoms with Crippen LogP contribution in [0, 0.1) is 6.92 Å². The summed E-state index contributed by atoms with van der Waals surface area (Å²) < 4.78 is 67.8. The number of nitrogens with zero attached hydrogens (tertiary/aromatic N) is 4. The van der Waals surface area contributed by atoms with Gasteiger partial charge in [-0.25, -0.2) is 16.8 Å². The smallest absolute Gasteiger partial charge is 0.744 e. The number of aromatic nitrogens is 2. The molecule has 16 heteroatoms. The van der Waals surface area contributed by atoms with Crippen molar-refractivity contribution in [3.63, 3.8) is 0 Å². The molecule has 0 bridgehead atoms. The fourth-order valence-electron chi connectivity index (χ4n) is 2.20. The molecule has 0 aliphatic heterocycles. The molecule has 0 fully saturated rings. The number of azo groups is 1. The van der Waals surface area contributed by atoms with Gasteiger partial charge in [0.15, 0.2) is 5.75 Å². The Kier molecular flexibility index (Phi) is 8.90. The maximum absolute atomic E-state index is 11.4. The van der Waals surface area contributed by atoms with E-state index in [4.69, 9.17) is 0 Å². The molecule has 0 atom stereocenters. The van der Waals surface area contributed by atoms with Crippen LogP contribution in [0.4, 0.5) is 10.8 Å². The zero-order valence-corrected chi connectivity index (χ0v) is 21.7. The summed E-state index contributed by atoms with van der Waals surface area (Å²) in [6.07, 6.45) is 0. The second-order valence-electron chi connectivity index (χ2n) is 5.17. The summed E-state index contributed by atoms with van der Waals surface area (Å²) in [4.78, 5) is -1.67. The minimum absolute atomic E-state index is 0. The molecule has 1 heterocycles. The molecule has 2 aromatic carbocycles. The molecule has 0 saturated heterocycles. The van der Waals surface area contributed by atoms with Crippen LogP contribution in [-0.2, 0) is 20.2 Å². The standard InChI is InChI=1S/C13H10N4O7S3.2Na/c1-6-14-16-13(25-6)17-15-11-9-3-2-8(26(19,20)21)4-7(9)5-10(12(11)18)27(22,23)24;;/h2-5,18H,1H3,(H,19,20,21)(H,22,23,24);;/q;2*+1/p-2. The molecule has 1 aromatic heterocycles. The molecule has 0 aliphatic rings. The van der Waals surface area contributed by atoms with Crippen molar-refractivity contribution < 1.29 is 90.2 Å². The van der Waals surface area contributed by atoms with E-state index in [0.29, 0.717) is 5.01 Å². The molecule has 0 amide bonds. The van der Waals surface area contributed by atoms with Crippen LogP contribution in [0.3, 0.4) is 0 Å². The van der Waals surface area contributed by atoms with E-state index < -0.39 is 41.5 Å². The third-order valence-electron chi connectivity index (χ3n) is 3.33. The van der Waals surface area contributed by atoms with Crippen LogP contribution < -0.4 is 59.1 Å². The van der Waals surface area contributed by atoms with Crippen molar-refractivity contribution in [2.45, 2.75) is 16.7 Å². The molecule has 0 spiro atoms. The Bertz CT molecular complexity index is 1310. The van der Waals surface area contributed by atoms with Crippen molar-refractivity contribution in [2.75, 3.05) is 0 Å². The molecule has 0 saturated carbocycles. The van der Waals surface area contributed by atoms with E-state index in [0.717, 1.165) is 35.6 Å². The van der Waals surface area contributed by atoms with E-state index in [1.165, 1.54) is 0 Å². The Morgan fingerprint density at radius 2 is 1.66 bits per heavy atom. The molecule has 11 nitrogen and oxygen atoms in total. The molecule has 142 valence electrons. The summed E-state index contributed by atoms with van der Waals surface area (Å²) in [6.45, 7) is 1.67. The fraction of sp³-hybridized carbons (Fsp3) is 0.0769. The van der Waals surface area contributed by atoms with Gasteiger partial charge in [0.25, 0.3) is 5.13 Å². The van der Waals surface area contributed by atoms with Crippen LogP contribution in [0.15, 0.2) is 44.3 Å². The SMILES string of the molecule is Cc1nnc(N=Nc2c(O)c(S(=O)(=O)[O-])cc3cc(S(=O)(=O)[O-])ccc23)s1.[Na+].[Na+]. The van der Waals surface area contributed by atoms with Crippen molar-refractivity contribution in [3.05, 3.63) is 29.3 Å². The van der Waals surface area contributed by atoms with E-state index in [-0.39, 0.29) is 75.0 Å². The average molecular weight is 474 g/mol. The first kappa shape index (κ1) is 26.5. The number of benzene rings is 2. The molecule has 3 rings (SSSR count). The average Bonchev–Trinajstić information content (AvgIpc) is 2.96. The van der Waals surface area contributed by atoms with Gasteiger partial charge in [-0.3, -0.25) is 0 Å². The number of hydrogen-bond acceptors (Lipinski definition) is 12. The first-order valence-electron chi connectivity index (χ1n) is 6.90. The van der Waals surface area contributed by atoms with Gasteiger partial charge in [0.1, 0.15) is 30.9 Å². The topological polar surface area (TPSA) is 185 Å². The Morgan fingerprint density at radius 1 is 1.00 bits per heavy atom. The van der Waals surface area contributed by atoms with Crippen LogP contribution in [0.1, 0.15) is 5.01 Å². The maximum Gasteiger partial charge on any atom is 1.00 e. The predicted molar refractivity (Wildman–Crippen MR) is 90.4 cm³/mol.